The number of benzene rings is 1. The number of aromatic amines is 2. The summed E-state index contributed by atoms with van der Waals surface area (Å²) in [5.41, 5.74) is 0.893. The molecule has 2 aromatic heterocycles. The molecule has 4 rings (SSSR count). The van der Waals surface area contributed by atoms with Crippen LogP contribution in [0.5, 0.6) is 5.75 Å². The number of anilines is 1. The van der Waals surface area contributed by atoms with Crippen molar-refractivity contribution in [2.45, 2.75) is 25.1 Å². The number of nitrogens with one attached hydrogen (secondary N) is 3. The van der Waals surface area contributed by atoms with E-state index in [1.54, 1.807) is 30.0 Å². The third-order valence-electron chi connectivity index (χ3n) is 4.74. The van der Waals surface area contributed by atoms with Crippen molar-refractivity contribution in [2.24, 2.45) is 0 Å². The number of carbonyl (C=O) groups is 1. The number of fused-ring (bicyclic) bond motifs is 2. The predicted molar refractivity (Wildman–Crippen MR) is 109 cm³/mol. The minimum Gasteiger partial charge on any atom is -0.497 e. The van der Waals surface area contributed by atoms with Gasteiger partial charge in [-0.1, -0.05) is 0 Å². The molecule has 8 nitrogen and oxygen atoms in total. The first-order chi connectivity index (χ1) is 13.4. The predicted octanol–water partition coefficient (Wildman–Crippen LogP) is 2.38. The molecule has 1 amide bonds. The topological polar surface area (TPSA) is 109 Å². The van der Waals surface area contributed by atoms with E-state index >= 15 is 0 Å². The number of ether oxygens (including phenoxy) is 1. The summed E-state index contributed by atoms with van der Waals surface area (Å²) in [5, 5.41) is 5.80. The van der Waals surface area contributed by atoms with Gasteiger partial charge in [0.2, 0.25) is 5.91 Å². The molecule has 1 aliphatic rings. The van der Waals surface area contributed by atoms with Gasteiger partial charge < -0.3 is 15.0 Å². The summed E-state index contributed by atoms with van der Waals surface area (Å²) in [6.07, 6.45) is 0. The fourth-order valence-corrected chi connectivity index (χ4v) is 4.53. The average Bonchev–Trinajstić information content (AvgIpc) is 2.87. The Morgan fingerprint density at radius 3 is 2.68 bits per heavy atom. The monoisotopic (exact) mass is 400 g/mol. The molecule has 1 unspecified atom stereocenters. The lowest BCUT2D eigenvalue weighted by molar-refractivity contribution is -0.113. The lowest BCUT2D eigenvalue weighted by Gasteiger charge is -2.15. The Bertz CT molecular complexity index is 1190. The van der Waals surface area contributed by atoms with Crippen LogP contribution in [0.4, 0.5) is 5.82 Å². The fourth-order valence-electron chi connectivity index (χ4n) is 3.40. The number of carbonyl (C=O) groups excluding carboxylic acids is 1. The van der Waals surface area contributed by atoms with Crippen LogP contribution in [0.15, 0.2) is 33.9 Å². The maximum absolute atomic E-state index is 12.8. The number of pyridine rings is 1. The lowest BCUT2D eigenvalue weighted by atomic mass is 10.1. The Hall–Kier alpha value is -2.94. The smallest absolute Gasteiger partial charge is 0.270 e. The van der Waals surface area contributed by atoms with E-state index in [2.05, 4.69) is 15.4 Å². The van der Waals surface area contributed by atoms with Crippen molar-refractivity contribution >= 4 is 34.4 Å². The minimum atomic E-state index is -0.572. The normalized spacial score (nSPS) is 16.7. The fraction of sp³-hybridized carbons (Fsp3) is 0.316. The molecule has 0 bridgehead atoms. The van der Waals surface area contributed by atoms with Crippen LogP contribution in [0.2, 0.25) is 0 Å². The second kappa shape index (κ2) is 6.90. The van der Waals surface area contributed by atoms with E-state index in [9.17, 15) is 14.4 Å². The molecule has 0 radical (unpaired) electrons. The van der Waals surface area contributed by atoms with Crippen molar-refractivity contribution in [3.05, 3.63) is 56.1 Å². The SMILES string of the molecule is COc1ccc2[nH]c(=O)c(C3SCC(=O)Nc4c3c(=O)[nH]n4C(C)C)cc2c1. The van der Waals surface area contributed by atoms with Crippen LogP contribution in [-0.4, -0.2) is 33.5 Å². The van der Waals surface area contributed by atoms with Gasteiger partial charge in [0.15, 0.2) is 0 Å². The molecular weight excluding hydrogens is 380 g/mol. The summed E-state index contributed by atoms with van der Waals surface area (Å²) in [6.45, 7) is 3.81. The highest BCUT2D eigenvalue weighted by Gasteiger charge is 2.32. The molecule has 3 N–H and O–H groups in total. The first-order valence-corrected chi connectivity index (χ1v) is 9.90. The first kappa shape index (κ1) is 18.4. The van der Waals surface area contributed by atoms with Gasteiger partial charge in [0.05, 0.1) is 23.7 Å². The van der Waals surface area contributed by atoms with Crippen molar-refractivity contribution in [2.75, 3.05) is 18.2 Å². The van der Waals surface area contributed by atoms with Crippen molar-refractivity contribution < 1.29 is 9.53 Å². The van der Waals surface area contributed by atoms with Crippen LogP contribution in [-0.2, 0) is 4.79 Å². The van der Waals surface area contributed by atoms with E-state index in [0.717, 1.165) is 5.39 Å². The van der Waals surface area contributed by atoms with E-state index in [1.807, 2.05) is 19.9 Å². The average molecular weight is 400 g/mol. The summed E-state index contributed by atoms with van der Waals surface area (Å²) in [6, 6.07) is 7.08. The van der Waals surface area contributed by atoms with E-state index in [4.69, 9.17) is 4.74 Å². The molecule has 1 aliphatic heterocycles. The number of amides is 1. The Kier molecular flexibility index (Phi) is 4.54. The molecule has 0 fully saturated rings. The highest BCUT2D eigenvalue weighted by molar-refractivity contribution is 8.00. The second-order valence-electron chi connectivity index (χ2n) is 6.91. The van der Waals surface area contributed by atoms with E-state index < -0.39 is 5.25 Å². The molecule has 0 spiro atoms. The van der Waals surface area contributed by atoms with Crippen molar-refractivity contribution in [3.63, 3.8) is 0 Å². The highest BCUT2D eigenvalue weighted by atomic mass is 32.2. The molecule has 0 aliphatic carbocycles. The largest absolute Gasteiger partial charge is 0.497 e. The molecule has 0 saturated carbocycles. The standard InChI is InChI=1S/C19H20N4O4S/c1-9(2)23-17-15(19(26)22-23)16(28-8-14(24)21-17)12-7-10-6-11(27-3)4-5-13(10)20-18(12)25/h4-7,9,16H,8H2,1-3H3,(H,20,25)(H,21,24)(H,22,26). The van der Waals surface area contributed by atoms with Gasteiger partial charge >= 0.3 is 0 Å². The zero-order valence-electron chi connectivity index (χ0n) is 15.7. The highest BCUT2D eigenvalue weighted by Crippen LogP contribution is 2.39. The molecular formula is C19H20N4O4S. The number of aromatic nitrogens is 3. The summed E-state index contributed by atoms with van der Waals surface area (Å²) in [5.74, 6) is 1.03. The molecule has 0 saturated heterocycles. The quantitative estimate of drug-likeness (QED) is 0.625. The molecule has 1 atom stereocenters. The number of rotatable bonds is 3. The van der Waals surface area contributed by atoms with Crippen LogP contribution in [0.1, 0.15) is 36.3 Å². The summed E-state index contributed by atoms with van der Waals surface area (Å²) in [7, 11) is 1.58. The molecule has 1 aromatic carbocycles. The van der Waals surface area contributed by atoms with Gasteiger partial charge in [0.25, 0.3) is 11.1 Å². The summed E-state index contributed by atoms with van der Waals surface area (Å²) >= 11 is 1.26. The number of thioether (sulfide) groups is 1. The van der Waals surface area contributed by atoms with Crippen LogP contribution in [0.3, 0.4) is 0 Å². The van der Waals surface area contributed by atoms with Crippen LogP contribution < -0.4 is 21.2 Å². The van der Waals surface area contributed by atoms with Gasteiger partial charge in [-0.15, -0.1) is 11.8 Å². The molecule has 28 heavy (non-hydrogen) atoms. The van der Waals surface area contributed by atoms with Gasteiger partial charge in [-0.3, -0.25) is 24.2 Å². The van der Waals surface area contributed by atoms with Crippen LogP contribution in [0, 0.1) is 0 Å². The molecule has 3 aromatic rings. The van der Waals surface area contributed by atoms with E-state index in [-0.39, 0.29) is 28.8 Å². The maximum Gasteiger partial charge on any atom is 0.270 e. The molecule has 146 valence electrons. The third-order valence-corrected chi connectivity index (χ3v) is 5.99. The third kappa shape index (κ3) is 3.01. The summed E-state index contributed by atoms with van der Waals surface area (Å²) < 4.78 is 6.90. The van der Waals surface area contributed by atoms with Crippen molar-refractivity contribution in [1.29, 1.82) is 0 Å². The summed E-state index contributed by atoms with van der Waals surface area (Å²) in [4.78, 5) is 40.6. The zero-order chi connectivity index (χ0) is 20.0. The second-order valence-corrected chi connectivity index (χ2v) is 8.01. The first-order valence-electron chi connectivity index (χ1n) is 8.86. The minimum absolute atomic E-state index is 0.0559. The maximum atomic E-state index is 12.8. The number of hydrogen-bond donors (Lipinski definition) is 3. The van der Waals surface area contributed by atoms with Gasteiger partial charge in [-0.2, -0.15) is 0 Å². The van der Waals surface area contributed by atoms with Gasteiger partial charge in [0.1, 0.15) is 11.6 Å². The van der Waals surface area contributed by atoms with Gasteiger partial charge in [0, 0.05) is 22.5 Å². The van der Waals surface area contributed by atoms with E-state index in [1.165, 1.54) is 11.8 Å². The Morgan fingerprint density at radius 2 is 1.96 bits per heavy atom. The Labute approximate surface area is 164 Å². The van der Waals surface area contributed by atoms with Crippen LogP contribution in [0.25, 0.3) is 10.9 Å². The molecule has 9 heteroatoms. The number of nitrogens with zero attached hydrogens (tertiary/aromatic N) is 1. The van der Waals surface area contributed by atoms with Gasteiger partial charge in [-0.25, -0.2) is 0 Å². The lowest BCUT2D eigenvalue weighted by Crippen LogP contribution is -2.19. The zero-order valence-corrected chi connectivity index (χ0v) is 16.5. The Morgan fingerprint density at radius 1 is 1.18 bits per heavy atom. The van der Waals surface area contributed by atoms with Crippen molar-refractivity contribution in [1.82, 2.24) is 14.8 Å². The number of H-pyrrole nitrogens is 2. The van der Waals surface area contributed by atoms with Gasteiger partial charge in [-0.05, 0) is 38.1 Å². The van der Waals surface area contributed by atoms with E-state index in [0.29, 0.717) is 28.2 Å². The number of methoxy groups -OCH3 is 1. The number of hydrogen-bond acceptors (Lipinski definition) is 5. The molecule has 3 heterocycles. The Balaban J connectivity index is 1.95. The van der Waals surface area contributed by atoms with Crippen LogP contribution >= 0.6 is 11.8 Å². The van der Waals surface area contributed by atoms with Crippen molar-refractivity contribution in [3.8, 4) is 5.75 Å².